The van der Waals surface area contributed by atoms with Crippen molar-refractivity contribution in [2.75, 3.05) is 6.61 Å². The average molecular weight is 231 g/mol. The molecule has 0 N–H and O–H groups in total. The molecule has 1 rings (SSSR count). The van der Waals surface area contributed by atoms with Crippen molar-refractivity contribution in [2.24, 2.45) is 0 Å². The van der Waals surface area contributed by atoms with E-state index in [2.05, 4.69) is 4.85 Å². The van der Waals surface area contributed by atoms with Gasteiger partial charge in [0.15, 0.2) is 5.78 Å². The Balaban J connectivity index is 2.67. The van der Waals surface area contributed by atoms with Gasteiger partial charge in [-0.3, -0.25) is 4.79 Å². The Kier molecular flexibility index (Phi) is 4.89. The lowest BCUT2D eigenvalue weighted by Crippen LogP contribution is -2.23. The zero-order valence-corrected chi connectivity index (χ0v) is 9.55. The number of benzene rings is 1. The molecule has 1 atom stereocenters. The molecule has 0 bridgehead atoms. The number of nitrogens with zero attached hydrogens (tertiary/aromatic N) is 1. The summed E-state index contributed by atoms with van der Waals surface area (Å²) in [6.45, 7) is 8.77. The van der Waals surface area contributed by atoms with E-state index >= 15 is 0 Å². The maximum atomic E-state index is 11.8. The van der Waals surface area contributed by atoms with Crippen molar-refractivity contribution in [3.63, 3.8) is 0 Å². The fraction of sp³-hybridized carbons (Fsp3) is 0.308. The summed E-state index contributed by atoms with van der Waals surface area (Å²) in [6.07, 6.45) is -0.133. The van der Waals surface area contributed by atoms with Crippen LogP contribution in [0, 0.1) is 6.57 Å². The van der Waals surface area contributed by atoms with Crippen molar-refractivity contribution in [2.45, 2.75) is 19.4 Å². The van der Waals surface area contributed by atoms with Gasteiger partial charge in [-0.1, -0.05) is 30.3 Å². The van der Waals surface area contributed by atoms with Crippen molar-refractivity contribution in [1.82, 2.24) is 0 Å². The Morgan fingerprint density at radius 2 is 2.00 bits per heavy atom. The van der Waals surface area contributed by atoms with Crippen molar-refractivity contribution >= 4 is 11.8 Å². The Morgan fingerprint density at radius 1 is 1.35 bits per heavy atom. The molecule has 0 radical (unpaired) electrons. The molecule has 88 valence electrons. The number of hydrogen-bond acceptors (Lipinski definition) is 3. The Morgan fingerprint density at radius 3 is 2.53 bits per heavy atom. The molecule has 0 aromatic heterocycles. The monoisotopic (exact) mass is 231 g/mol. The second kappa shape index (κ2) is 6.44. The third kappa shape index (κ3) is 3.72. The molecule has 4 heteroatoms. The molecule has 0 aliphatic rings. The van der Waals surface area contributed by atoms with Crippen LogP contribution in [-0.2, 0) is 9.53 Å². The molecular formula is C13H13NO3. The lowest BCUT2D eigenvalue weighted by Gasteiger charge is -2.04. The van der Waals surface area contributed by atoms with Gasteiger partial charge in [-0.05, 0) is 6.92 Å². The molecular weight excluding hydrogens is 218 g/mol. The van der Waals surface area contributed by atoms with Crippen LogP contribution in [0.1, 0.15) is 23.7 Å². The molecule has 17 heavy (non-hydrogen) atoms. The van der Waals surface area contributed by atoms with Crippen molar-refractivity contribution in [3.8, 4) is 0 Å². The van der Waals surface area contributed by atoms with E-state index < -0.39 is 12.0 Å². The summed E-state index contributed by atoms with van der Waals surface area (Å²) >= 11 is 0. The number of ether oxygens (including phenoxy) is 1. The van der Waals surface area contributed by atoms with Gasteiger partial charge in [0.25, 0.3) is 0 Å². The van der Waals surface area contributed by atoms with Crippen molar-refractivity contribution in [3.05, 3.63) is 47.3 Å². The van der Waals surface area contributed by atoms with Gasteiger partial charge < -0.3 is 9.58 Å². The van der Waals surface area contributed by atoms with E-state index in [-0.39, 0.29) is 18.8 Å². The summed E-state index contributed by atoms with van der Waals surface area (Å²) in [5, 5.41) is 0. The second-order valence-electron chi connectivity index (χ2n) is 3.39. The van der Waals surface area contributed by atoms with E-state index in [4.69, 9.17) is 11.3 Å². The molecule has 1 aromatic carbocycles. The highest BCUT2D eigenvalue weighted by molar-refractivity contribution is 5.99. The fourth-order valence-corrected chi connectivity index (χ4v) is 1.34. The minimum atomic E-state index is -1.04. The number of esters is 1. The molecule has 0 heterocycles. The minimum absolute atomic E-state index is 0.133. The number of ketones is 1. The maximum Gasteiger partial charge on any atom is 0.390 e. The summed E-state index contributed by atoms with van der Waals surface area (Å²) in [5.74, 6) is -0.855. The normalized spacial score (nSPS) is 11.3. The molecule has 0 aliphatic heterocycles. The van der Waals surface area contributed by atoms with E-state index in [9.17, 15) is 9.59 Å². The second-order valence-corrected chi connectivity index (χ2v) is 3.39. The van der Waals surface area contributed by atoms with Crippen LogP contribution in [0.3, 0.4) is 0 Å². The van der Waals surface area contributed by atoms with Crippen LogP contribution in [-0.4, -0.2) is 24.4 Å². The number of carbonyl (C=O) groups is 2. The van der Waals surface area contributed by atoms with Crippen LogP contribution in [0.5, 0.6) is 0 Å². The van der Waals surface area contributed by atoms with Gasteiger partial charge in [0.2, 0.25) is 0 Å². The van der Waals surface area contributed by atoms with Crippen LogP contribution >= 0.6 is 0 Å². The quantitative estimate of drug-likeness (QED) is 0.443. The lowest BCUT2D eigenvalue weighted by atomic mass is 10.0. The van der Waals surface area contributed by atoms with Gasteiger partial charge in [0.1, 0.15) is 0 Å². The smallest absolute Gasteiger partial charge is 0.390 e. The van der Waals surface area contributed by atoms with Crippen LogP contribution in [0.4, 0.5) is 0 Å². The number of Topliss-reactive ketones (excluding diaryl/α,β-unsaturated/α-hetero) is 1. The van der Waals surface area contributed by atoms with Gasteiger partial charge in [0.05, 0.1) is 13.0 Å². The molecule has 0 saturated carbocycles. The number of carbonyl (C=O) groups excluding carboxylic acids is 2. The molecule has 0 spiro atoms. The Bertz CT molecular complexity index is 434. The standard InChI is InChI=1S/C13H13NO3/c1-3-17-13(16)11(14-2)9-12(15)10-7-5-4-6-8-10/h4-8,11H,3,9H2,1H3. The number of hydrogen-bond donors (Lipinski definition) is 0. The van der Waals surface area contributed by atoms with Gasteiger partial charge in [-0.2, -0.15) is 0 Å². The minimum Gasteiger partial charge on any atom is -0.460 e. The van der Waals surface area contributed by atoms with Gasteiger partial charge in [0, 0.05) is 5.56 Å². The van der Waals surface area contributed by atoms with Crippen molar-refractivity contribution < 1.29 is 14.3 Å². The summed E-state index contributed by atoms with van der Waals surface area (Å²) in [6, 6.07) is 7.56. The van der Waals surface area contributed by atoms with E-state index in [1.807, 2.05) is 0 Å². The molecule has 1 aromatic rings. The van der Waals surface area contributed by atoms with Gasteiger partial charge in [-0.25, -0.2) is 11.4 Å². The summed E-state index contributed by atoms with van der Waals surface area (Å²) in [5.41, 5.74) is 0.505. The Hall–Kier alpha value is -2.15. The highest BCUT2D eigenvalue weighted by Gasteiger charge is 2.28. The largest absolute Gasteiger partial charge is 0.460 e. The lowest BCUT2D eigenvalue weighted by molar-refractivity contribution is -0.143. The highest BCUT2D eigenvalue weighted by Crippen LogP contribution is 2.09. The van der Waals surface area contributed by atoms with Crippen LogP contribution in [0.25, 0.3) is 4.85 Å². The van der Waals surface area contributed by atoms with Crippen LogP contribution < -0.4 is 0 Å². The zero-order chi connectivity index (χ0) is 12.7. The van der Waals surface area contributed by atoms with Crippen molar-refractivity contribution in [1.29, 1.82) is 0 Å². The SMILES string of the molecule is [C-]#[N+]C(CC(=O)c1ccccc1)C(=O)OCC. The zero-order valence-electron chi connectivity index (χ0n) is 9.55. The molecule has 4 nitrogen and oxygen atoms in total. The van der Waals surface area contributed by atoms with Crippen LogP contribution in [0.2, 0.25) is 0 Å². The molecule has 0 aliphatic carbocycles. The first kappa shape index (κ1) is 12.9. The van der Waals surface area contributed by atoms with E-state index in [1.165, 1.54) is 0 Å². The Labute approximate surface area is 100 Å². The summed E-state index contributed by atoms with van der Waals surface area (Å²) in [7, 11) is 0. The predicted octanol–water partition coefficient (Wildman–Crippen LogP) is 2.11. The predicted molar refractivity (Wildman–Crippen MR) is 62.4 cm³/mol. The van der Waals surface area contributed by atoms with Gasteiger partial charge >= 0.3 is 12.0 Å². The van der Waals surface area contributed by atoms with E-state index in [0.717, 1.165) is 0 Å². The molecule has 0 fully saturated rings. The van der Waals surface area contributed by atoms with E-state index in [1.54, 1.807) is 37.3 Å². The third-order valence-electron chi connectivity index (χ3n) is 2.19. The number of rotatable bonds is 5. The maximum absolute atomic E-state index is 11.8. The molecule has 0 amide bonds. The van der Waals surface area contributed by atoms with E-state index in [0.29, 0.717) is 5.56 Å². The first-order chi connectivity index (χ1) is 8.19. The molecule has 1 unspecified atom stereocenters. The summed E-state index contributed by atoms with van der Waals surface area (Å²) < 4.78 is 4.73. The fourth-order valence-electron chi connectivity index (χ4n) is 1.34. The van der Waals surface area contributed by atoms with Gasteiger partial charge in [-0.15, -0.1) is 0 Å². The van der Waals surface area contributed by atoms with Crippen LogP contribution in [0.15, 0.2) is 30.3 Å². The average Bonchev–Trinajstić information content (AvgIpc) is 2.37. The topological polar surface area (TPSA) is 47.7 Å². The first-order valence-electron chi connectivity index (χ1n) is 5.30. The molecule has 0 saturated heterocycles. The first-order valence-corrected chi connectivity index (χ1v) is 5.30. The third-order valence-corrected chi connectivity index (χ3v) is 2.19. The highest BCUT2D eigenvalue weighted by atomic mass is 16.5. The summed E-state index contributed by atoms with van der Waals surface area (Å²) in [4.78, 5) is 26.3.